The van der Waals surface area contributed by atoms with Gasteiger partial charge in [0.2, 0.25) is 0 Å². The third-order valence-electron chi connectivity index (χ3n) is 3.87. The highest BCUT2D eigenvalue weighted by Gasteiger charge is 2.40. The van der Waals surface area contributed by atoms with E-state index in [1.807, 2.05) is 13.8 Å². The molecule has 2 rings (SSSR count). The largest absolute Gasteiger partial charge is 0.350 e. The Morgan fingerprint density at radius 2 is 2.00 bits per heavy atom. The van der Waals surface area contributed by atoms with Crippen molar-refractivity contribution in [2.24, 2.45) is 11.8 Å². The van der Waals surface area contributed by atoms with E-state index in [4.69, 9.17) is 9.47 Å². The predicted octanol–water partition coefficient (Wildman–Crippen LogP) is 3.09. The SMILES string of the molecule is CCCCCC1=CC2COC(C)(C)OCC2C1=O. The summed E-state index contributed by atoms with van der Waals surface area (Å²) in [6.45, 7) is 7.08. The van der Waals surface area contributed by atoms with Crippen LogP contribution in [0.4, 0.5) is 0 Å². The second kappa shape index (κ2) is 5.54. The maximum absolute atomic E-state index is 12.3. The summed E-state index contributed by atoms with van der Waals surface area (Å²) in [5.74, 6) is -0.0578. The van der Waals surface area contributed by atoms with Crippen LogP contribution in [-0.4, -0.2) is 24.8 Å². The Morgan fingerprint density at radius 3 is 2.72 bits per heavy atom. The number of allylic oxidation sites excluding steroid dienone is 1. The number of fused-ring (bicyclic) bond motifs is 1. The summed E-state index contributed by atoms with van der Waals surface area (Å²) in [6, 6.07) is 0. The van der Waals surface area contributed by atoms with Gasteiger partial charge < -0.3 is 9.47 Å². The van der Waals surface area contributed by atoms with Gasteiger partial charge >= 0.3 is 0 Å². The highest BCUT2D eigenvalue weighted by atomic mass is 16.7. The molecule has 0 radical (unpaired) electrons. The van der Waals surface area contributed by atoms with E-state index in [2.05, 4.69) is 13.0 Å². The van der Waals surface area contributed by atoms with Gasteiger partial charge in [-0.25, -0.2) is 0 Å². The Kier molecular flexibility index (Phi) is 4.23. The van der Waals surface area contributed by atoms with E-state index in [0.717, 1.165) is 18.4 Å². The van der Waals surface area contributed by atoms with Crippen molar-refractivity contribution in [2.45, 2.75) is 52.2 Å². The molecule has 0 N–H and O–H groups in total. The minimum Gasteiger partial charge on any atom is -0.350 e. The lowest BCUT2D eigenvalue weighted by atomic mass is 9.95. The number of ether oxygens (including phenoxy) is 2. The first kappa shape index (κ1) is 13.8. The van der Waals surface area contributed by atoms with Gasteiger partial charge in [0.05, 0.1) is 19.1 Å². The van der Waals surface area contributed by atoms with Crippen molar-refractivity contribution < 1.29 is 14.3 Å². The van der Waals surface area contributed by atoms with Gasteiger partial charge in [-0.15, -0.1) is 0 Å². The minimum atomic E-state index is -0.555. The summed E-state index contributed by atoms with van der Waals surface area (Å²) in [4.78, 5) is 12.3. The topological polar surface area (TPSA) is 35.5 Å². The molecule has 0 bridgehead atoms. The first-order valence-electron chi connectivity index (χ1n) is 7.06. The zero-order valence-corrected chi connectivity index (χ0v) is 11.7. The number of rotatable bonds is 4. The van der Waals surface area contributed by atoms with Crippen LogP contribution in [-0.2, 0) is 14.3 Å². The third kappa shape index (κ3) is 3.01. The first-order valence-corrected chi connectivity index (χ1v) is 7.06. The maximum atomic E-state index is 12.3. The van der Waals surface area contributed by atoms with Crippen LogP contribution >= 0.6 is 0 Å². The molecule has 1 aliphatic heterocycles. The summed E-state index contributed by atoms with van der Waals surface area (Å²) in [5, 5.41) is 0. The number of unbranched alkanes of at least 4 members (excludes halogenated alkanes) is 2. The van der Waals surface area contributed by atoms with Gasteiger partial charge in [-0.2, -0.15) is 0 Å². The molecule has 0 amide bonds. The molecule has 0 saturated carbocycles. The Balaban J connectivity index is 1.98. The standard InChI is InChI=1S/C15H24O3/c1-4-5-6-7-11-8-12-9-17-15(2,3)18-10-13(12)14(11)16/h8,12-13H,4-7,9-10H2,1-3H3. The number of carbonyl (C=O) groups is 1. The number of carbonyl (C=O) groups excluding carboxylic acids is 1. The van der Waals surface area contributed by atoms with Crippen molar-refractivity contribution in [1.29, 1.82) is 0 Å². The molecule has 2 aliphatic rings. The van der Waals surface area contributed by atoms with Crippen LogP contribution in [0.5, 0.6) is 0 Å². The summed E-state index contributed by atoms with van der Waals surface area (Å²) in [5.41, 5.74) is 1.00. The number of Topliss-reactive ketones (excluding diaryl/α,β-unsaturated/α-hetero) is 1. The molecule has 0 aromatic carbocycles. The van der Waals surface area contributed by atoms with Gasteiger partial charge in [0.15, 0.2) is 11.6 Å². The number of hydrogen-bond donors (Lipinski definition) is 0. The fourth-order valence-electron chi connectivity index (χ4n) is 2.65. The van der Waals surface area contributed by atoms with Crippen LogP contribution in [0, 0.1) is 11.8 Å². The number of ketones is 1. The monoisotopic (exact) mass is 252 g/mol. The normalized spacial score (nSPS) is 30.8. The molecular formula is C15H24O3. The van der Waals surface area contributed by atoms with Gasteiger partial charge in [0.1, 0.15) is 0 Å². The zero-order chi connectivity index (χ0) is 13.2. The molecule has 2 atom stereocenters. The Bertz CT molecular complexity index is 344. The average molecular weight is 252 g/mol. The first-order chi connectivity index (χ1) is 8.53. The summed E-state index contributed by atoms with van der Waals surface area (Å²) < 4.78 is 11.4. The fourth-order valence-corrected chi connectivity index (χ4v) is 2.65. The number of hydrogen-bond acceptors (Lipinski definition) is 3. The van der Waals surface area contributed by atoms with E-state index in [0.29, 0.717) is 13.2 Å². The van der Waals surface area contributed by atoms with Gasteiger partial charge in [-0.05, 0) is 32.3 Å². The van der Waals surface area contributed by atoms with E-state index in [-0.39, 0.29) is 17.6 Å². The Labute approximate surface area is 110 Å². The van der Waals surface area contributed by atoms with Crippen molar-refractivity contribution in [2.75, 3.05) is 13.2 Å². The van der Waals surface area contributed by atoms with E-state index < -0.39 is 5.79 Å². The molecule has 0 spiro atoms. The lowest BCUT2D eigenvalue weighted by Gasteiger charge is -2.23. The van der Waals surface area contributed by atoms with Crippen LogP contribution in [0.25, 0.3) is 0 Å². The minimum absolute atomic E-state index is 0.0107. The molecule has 2 unspecified atom stereocenters. The van der Waals surface area contributed by atoms with Gasteiger partial charge in [0, 0.05) is 5.92 Å². The molecule has 0 aromatic rings. The lowest BCUT2D eigenvalue weighted by molar-refractivity contribution is -0.202. The third-order valence-corrected chi connectivity index (χ3v) is 3.87. The van der Waals surface area contributed by atoms with Gasteiger partial charge in [0.25, 0.3) is 0 Å². The molecule has 18 heavy (non-hydrogen) atoms. The lowest BCUT2D eigenvalue weighted by Crippen LogP contribution is -2.28. The molecule has 1 fully saturated rings. The van der Waals surface area contributed by atoms with Crippen molar-refractivity contribution in [3.63, 3.8) is 0 Å². The zero-order valence-electron chi connectivity index (χ0n) is 11.7. The highest BCUT2D eigenvalue weighted by Crippen LogP contribution is 2.35. The molecule has 1 heterocycles. The quantitative estimate of drug-likeness (QED) is 0.721. The molecule has 1 saturated heterocycles. The van der Waals surface area contributed by atoms with Crippen LogP contribution in [0.3, 0.4) is 0 Å². The van der Waals surface area contributed by atoms with Crippen molar-refractivity contribution in [1.82, 2.24) is 0 Å². The maximum Gasteiger partial charge on any atom is 0.164 e. The fraction of sp³-hybridized carbons (Fsp3) is 0.800. The van der Waals surface area contributed by atoms with Crippen molar-refractivity contribution in [3.8, 4) is 0 Å². The van der Waals surface area contributed by atoms with E-state index in [1.165, 1.54) is 12.8 Å². The van der Waals surface area contributed by atoms with E-state index in [1.54, 1.807) is 0 Å². The second-order valence-corrected chi connectivity index (χ2v) is 5.81. The predicted molar refractivity (Wildman–Crippen MR) is 70.2 cm³/mol. The summed E-state index contributed by atoms with van der Waals surface area (Å²) in [6.07, 6.45) is 6.55. The van der Waals surface area contributed by atoms with Crippen LogP contribution in [0.2, 0.25) is 0 Å². The second-order valence-electron chi connectivity index (χ2n) is 5.81. The van der Waals surface area contributed by atoms with Gasteiger partial charge in [-0.1, -0.05) is 25.8 Å². The molecule has 102 valence electrons. The van der Waals surface area contributed by atoms with Crippen LogP contribution in [0.1, 0.15) is 46.5 Å². The summed E-state index contributed by atoms with van der Waals surface area (Å²) in [7, 11) is 0. The molecule has 1 aliphatic carbocycles. The molecule has 3 nitrogen and oxygen atoms in total. The van der Waals surface area contributed by atoms with Gasteiger partial charge in [-0.3, -0.25) is 4.79 Å². The van der Waals surface area contributed by atoms with Crippen molar-refractivity contribution in [3.05, 3.63) is 11.6 Å². The average Bonchev–Trinajstić information content (AvgIpc) is 2.52. The smallest absolute Gasteiger partial charge is 0.164 e. The van der Waals surface area contributed by atoms with E-state index in [9.17, 15) is 4.79 Å². The Hall–Kier alpha value is -0.670. The highest BCUT2D eigenvalue weighted by molar-refractivity contribution is 6.00. The Morgan fingerprint density at radius 1 is 1.28 bits per heavy atom. The molecule has 0 aromatic heterocycles. The van der Waals surface area contributed by atoms with Crippen molar-refractivity contribution >= 4 is 5.78 Å². The molecular weight excluding hydrogens is 228 g/mol. The summed E-state index contributed by atoms with van der Waals surface area (Å²) >= 11 is 0. The molecule has 3 heteroatoms. The van der Waals surface area contributed by atoms with E-state index >= 15 is 0 Å². The van der Waals surface area contributed by atoms with Crippen LogP contribution in [0.15, 0.2) is 11.6 Å². The van der Waals surface area contributed by atoms with Crippen LogP contribution < -0.4 is 0 Å².